The molecule has 0 N–H and O–H groups in total. The minimum Gasteiger partial charge on any atom is -0.466 e. The quantitative estimate of drug-likeness (QED) is 0.814. The first kappa shape index (κ1) is 15.2. The summed E-state index contributed by atoms with van der Waals surface area (Å²) in [6.45, 7) is 2.96. The molecule has 1 aromatic heterocycles. The molecule has 3 nitrogen and oxygen atoms in total. The summed E-state index contributed by atoms with van der Waals surface area (Å²) in [4.78, 5) is 14.7. The van der Waals surface area contributed by atoms with Gasteiger partial charge in [0, 0.05) is 17.9 Å². The fraction of sp³-hybridized carbons (Fsp3) is 0.389. The Kier molecular flexibility index (Phi) is 4.88. The number of furan rings is 1. The monoisotopic (exact) mass is 315 g/mol. The van der Waals surface area contributed by atoms with Crippen molar-refractivity contribution in [2.45, 2.75) is 31.6 Å². The zero-order chi connectivity index (χ0) is 15.4. The minimum atomic E-state index is 0.00210. The summed E-state index contributed by atoms with van der Waals surface area (Å²) < 4.78 is 5.48. The Morgan fingerprint density at radius 3 is 2.82 bits per heavy atom. The van der Waals surface area contributed by atoms with Crippen molar-refractivity contribution < 1.29 is 9.21 Å². The first-order valence-electron chi connectivity index (χ1n) is 7.84. The summed E-state index contributed by atoms with van der Waals surface area (Å²) in [6.07, 6.45) is 5.13. The van der Waals surface area contributed by atoms with E-state index in [9.17, 15) is 4.79 Å². The second kappa shape index (κ2) is 7.05. The van der Waals surface area contributed by atoms with E-state index in [1.807, 2.05) is 29.2 Å². The van der Waals surface area contributed by atoms with Gasteiger partial charge in [0.2, 0.25) is 0 Å². The van der Waals surface area contributed by atoms with Gasteiger partial charge in [-0.15, -0.1) is 11.8 Å². The van der Waals surface area contributed by atoms with Gasteiger partial charge in [-0.3, -0.25) is 4.79 Å². The number of unbranched alkanes of at least 4 members (excludes halogenated alkanes) is 1. The van der Waals surface area contributed by atoms with Crippen molar-refractivity contribution in [2.24, 2.45) is 0 Å². The van der Waals surface area contributed by atoms with Crippen LogP contribution in [-0.4, -0.2) is 23.1 Å². The van der Waals surface area contributed by atoms with E-state index >= 15 is 0 Å². The Hall–Kier alpha value is -1.68. The molecule has 2 heterocycles. The zero-order valence-corrected chi connectivity index (χ0v) is 13.6. The molecular formula is C18H21NO2S. The average molecular weight is 315 g/mol. The van der Waals surface area contributed by atoms with Crippen LogP contribution in [0, 0.1) is 0 Å². The Morgan fingerprint density at radius 1 is 1.32 bits per heavy atom. The maximum absolute atomic E-state index is 12.7. The van der Waals surface area contributed by atoms with Crippen LogP contribution in [-0.2, 0) is 6.42 Å². The van der Waals surface area contributed by atoms with Gasteiger partial charge in [-0.2, -0.15) is 0 Å². The number of amides is 1. The lowest BCUT2D eigenvalue weighted by Crippen LogP contribution is -2.30. The highest BCUT2D eigenvalue weighted by Gasteiger charge is 2.32. The highest BCUT2D eigenvalue weighted by Crippen LogP contribution is 2.38. The fourth-order valence-electron chi connectivity index (χ4n) is 2.71. The number of hydrogen-bond donors (Lipinski definition) is 0. The van der Waals surface area contributed by atoms with Crippen LogP contribution in [0.25, 0.3) is 0 Å². The van der Waals surface area contributed by atoms with Crippen molar-refractivity contribution in [1.82, 2.24) is 4.90 Å². The molecule has 1 aliphatic heterocycles. The number of benzene rings is 1. The fourth-order valence-corrected chi connectivity index (χ4v) is 3.91. The second-order valence-electron chi connectivity index (χ2n) is 5.54. The van der Waals surface area contributed by atoms with Crippen LogP contribution in [0.5, 0.6) is 0 Å². The molecule has 0 aliphatic carbocycles. The summed E-state index contributed by atoms with van der Waals surface area (Å²) in [5.41, 5.74) is 2.07. The molecule has 1 fully saturated rings. The van der Waals surface area contributed by atoms with Crippen LogP contribution in [0.2, 0.25) is 0 Å². The van der Waals surface area contributed by atoms with Crippen LogP contribution in [0.3, 0.4) is 0 Å². The third kappa shape index (κ3) is 3.22. The molecule has 3 rings (SSSR count). The van der Waals surface area contributed by atoms with E-state index in [-0.39, 0.29) is 11.3 Å². The van der Waals surface area contributed by atoms with Gasteiger partial charge >= 0.3 is 0 Å². The lowest BCUT2D eigenvalue weighted by atomic mass is 10.1. The van der Waals surface area contributed by atoms with Crippen LogP contribution in [0.4, 0.5) is 0 Å². The van der Waals surface area contributed by atoms with Crippen LogP contribution in [0.15, 0.2) is 47.1 Å². The average Bonchev–Trinajstić information content (AvgIpc) is 3.23. The normalized spacial score (nSPS) is 17.9. The smallest absolute Gasteiger partial charge is 0.255 e. The Morgan fingerprint density at radius 2 is 2.14 bits per heavy atom. The Bertz CT molecular complexity index is 607. The molecule has 116 valence electrons. The number of carbonyl (C=O) groups is 1. The number of rotatable bonds is 5. The highest BCUT2D eigenvalue weighted by atomic mass is 32.2. The van der Waals surface area contributed by atoms with Crippen LogP contribution in [0.1, 0.15) is 46.8 Å². The van der Waals surface area contributed by atoms with Crippen molar-refractivity contribution in [3.05, 3.63) is 59.5 Å². The SMILES string of the molecule is CCCCc1ccc(C(=O)N2CCS[C@@H]2c2ccco2)cc1. The topological polar surface area (TPSA) is 33.5 Å². The molecule has 22 heavy (non-hydrogen) atoms. The number of aryl methyl sites for hydroxylation is 1. The van der Waals surface area contributed by atoms with E-state index in [1.165, 1.54) is 18.4 Å². The van der Waals surface area contributed by atoms with Gasteiger partial charge in [-0.1, -0.05) is 25.5 Å². The Balaban J connectivity index is 1.72. The molecule has 1 saturated heterocycles. The van der Waals surface area contributed by atoms with Gasteiger partial charge in [-0.25, -0.2) is 0 Å². The van der Waals surface area contributed by atoms with E-state index in [4.69, 9.17) is 4.42 Å². The predicted octanol–water partition coefficient (Wildman–Crippen LogP) is 4.51. The summed E-state index contributed by atoms with van der Waals surface area (Å²) in [5, 5.41) is 0.00210. The van der Waals surface area contributed by atoms with Gasteiger partial charge < -0.3 is 9.32 Å². The molecule has 1 atom stereocenters. The molecule has 0 unspecified atom stereocenters. The van der Waals surface area contributed by atoms with Crippen molar-refractivity contribution in [3.8, 4) is 0 Å². The Labute approximate surface area is 135 Å². The summed E-state index contributed by atoms with van der Waals surface area (Å²) in [6, 6.07) is 11.9. The molecule has 4 heteroatoms. The van der Waals surface area contributed by atoms with Crippen LogP contribution >= 0.6 is 11.8 Å². The van der Waals surface area contributed by atoms with E-state index in [1.54, 1.807) is 18.0 Å². The van der Waals surface area contributed by atoms with E-state index in [0.717, 1.165) is 30.0 Å². The second-order valence-corrected chi connectivity index (χ2v) is 6.73. The third-order valence-electron chi connectivity index (χ3n) is 3.96. The molecule has 0 radical (unpaired) electrons. The zero-order valence-electron chi connectivity index (χ0n) is 12.8. The minimum absolute atomic E-state index is 0.00210. The molecule has 0 saturated carbocycles. The van der Waals surface area contributed by atoms with Crippen molar-refractivity contribution in [1.29, 1.82) is 0 Å². The van der Waals surface area contributed by atoms with Gasteiger partial charge in [-0.05, 0) is 42.7 Å². The van der Waals surface area contributed by atoms with Crippen molar-refractivity contribution >= 4 is 17.7 Å². The molecule has 1 amide bonds. The van der Waals surface area contributed by atoms with E-state index in [2.05, 4.69) is 19.1 Å². The molecular weight excluding hydrogens is 294 g/mol. The number of nitrogens with zero attached hydrogens (tertiary/aromatic N) is 1. The lowest BCUT2D eigenvalue weighted by molar-refractivity contribution is 0.0749. The number of thioether (sulfide) groups is 1. The van der Waals surface area contributed by atoms with E-state index in [0.29, 0.717) is 0 Å². The maximum atomic E-state index is 12.7. The highest BCUT2D eigenvalue weighted by molar-refractivity contribution is 7.99. The predicted molar refractivity (Wildman–Crippen MR) is 90.0 cm³/mol. The van der Waals surface area contributed by atoms with Gasteiger partial charge in [0.05, 0.1) is 6.26 Å². The molecule has 0 spiro atoms. The summed E-state index contributed by atoms with van der Waals surface area (Å²) >= 11 is 1.76. The first-order valence-corrected chi connectivity index (χ1v) is 8.89. The standard InChI is InChI=1S/C18H21NO2S/c1-2-3-5-14-7-9-15(10-8-14)17(20)19-11-13-22-18(19)16-6-4-12-21-16/h4,6-10,12,18H,2-3,5,11,13H2,1H3/t18-/m1/s1. The van der Waals surface area contributed by atoms with Crippen LogP contribution < -0.4 is 0 Å². The van der Waals surface area contributed by atoms with Crippen molar-refractivity contribution in [3.63, 3.8) is 0 Å². The maximum Gasteiger partial charge on any atom is 0.255 e. The number of hydrogen-bond acceptors (Lipinski definition) is 3. The van der Waals surface area contributed by atoms with Crippen molar-refractivity contribution in [2.75, 3.05) is 12.3 Å². The van der Waals surface area contributed by atoms with Gasteiger partial charge in [0.1, 0.15) is 11.1 Å². The molecule has 2 aromatic rings. The number of carbonyl (C=O) groups excluding carboxylic acids is 1. The third-order valence-corrected chi connectivity index (χ3v) is 5.18. The molecule has 1 aliphatic rings. The van der Waals surface area contributed by atoms with E-state index < -0.39 is 0 Å². The molecule has 1 aromatic carbocycles. The first-order chi connectivity index (χ1) is 10.8. The summed E-state index contributed by atoms with van der Waals surface area (Å²) in [7, 11) is 0. The lowest BCUT2D eigenvalue weighted by Gasteiger charge is -2.22. The van der Waals surface area contributed by atoms with Gasteiger partial charge in [0.25, 0.3) is 5.91 Å². The van der Waals surface area contributed by atoms with Gasteiger partial charge in [0.15, 0.2) is 0 Å². The summed E-state index contributed by atoms with van der Waals surface area (Å²) in [5.74, 6) is 1.90. The largest absolute Gasteiger partial charge is 0.466 e. The molecule has 0 bridgehead atoms.